The van der Waals surface area contributed by atoms with Gasteiger partial charge in [-0.1, -0.05) is 109 Å². The van der Waals surface area contributed by atoms with Gasteiger partial charge in [-0.25, -0.2) is 4.79 Å². The van der Waals surface area contributed by atoms with E-state index >= 15 is 0 Å². The predicted molar refractivity (Wildman–Crippen MR) is 194 cm³/mol. The minimum absolute atomic E-state index is 0.0179. The Morgan fingerprint density at radius 2 is 1.38 bits per heavy atom. The molecule has 1 aromatic heterocycles. The molecule has 0 aliphatic rings. The minimum atomic E-state index is -4.29. The summed E-state index contributed by atoms with van der Waals surface area (Å²) in [6.45, 7) is -0.0179. The average molecular weight is 695 g/mol. The summed E-state index contributed by atoms with van der Waals surface area (Å²) in [4.78, 5) is 54.4. The molecule has 4 aromatic carbocycles. The van der Waals surface area contributed by atoms with E-state index in [0.29, 0.717) is 12.8 Å². The number of hydrogen-bond donors (Lipinski definition) is 5. The number of H-pyrrole nitrogens is 1. The molecule has 1 heterocycles. The molecule has 0 radical (unpaired) electrons. The number of nitrogens with two attached hydrogens (primary N) is 1. The monoisotopic (exact) mass is 694 g/mol. The topological polar surface area (TPSA) is 164 Å². The van der Waals surface area contributed by atoms with Crippen LogP contribution in [0.25, 0.3) is 10.9 Å². The zero-order chi connectivity index (χ0) is 35.3. The number of carbonyl (C=O) groups excluding carboxylic acids is 3. The van der Waals surface area contributed by atoms with Crippen LogP contribution < -0.4 is 16.4 Å². The van der Waals surface area contributed by atoms with Gasteiger partial charge in [-0.2, -0.15) is 0 Å². The first-order valence-corrected chi connectivity index (χ1v) is 18.6. The summed E-state index contributed by atoms with van der Waals surface area (Å²) >= 11 is 0. The van der Waals surface area contributed by atoms with Crippen LogP contribution in [0, 0.1) is 5.92 Å². The summed E-state index contributed by atoms with van der Waals surface area (Å²) in [6, 6.07) is 34.5. The number of alkyl carbamates (subject to hydrolysis) is 1. The third-order valence-corrected chi connectivity index (χ3v) is 11.0. The van der Waals surface area contributed by atoms with Crippen LogP contribution in [-0.2, 0) is 44.8 Å². The van der Waals surface area contributed by atoms with Crippen LogP contribution in [0.4, 0.5) is 4.79 Å². The highest BCUT2D eigenvalue weighted by Gasteiger charge is 2.38. The Balaban J connectivity index is 1.35. The van der Waals surface area contributed by atoms with Crippen molar-refractivity contribution in [3.05, 3.63) is 144 Å². The fraction of sp³-hybridized carbons (Fsp3) is 0.256. The van der Waals surface area contributed by atoms with E-state index in [-0.39, 0.29) is 25.9 Å². The number of aromatic amines is 1. The van der Waals surface area contributed by atoms with Gasteiger partial charge in [-0.15, -0.1) is 0 Å². The van der Waals surface area contributed by atoms with Gasteiger partial charge >= 0.3 is 6.09 Å². The third kappa shape index (κ3) is 10.4. The molecule has 1 unspecified atom stereocenters. The first kappa shape index (κ1) is 36.1. The van der Waals surface area contributed by atoms with Crippen molar-refractivity contribution in [1.29, 1.82) is 0 Å². The van der Waals surface area contributed by atoms with Crippen LogP contribution in [0.5, 0.6) is 0 Å². The number of aromatic nitrogens is 1. The molecule has 0 saturated carbocycles. The van der Waals surface area contributed by atoms with E-state index in [0.717, 1.165) is 33.2 Å². The molecule has 0 aliphatic heterocycles. The van der Waals surface area contributed by atoms with Crippen LogP contribution in [0.3, 0.4) is 0 Å². The van der Waals surface area contributed by atoms with Crippen molar-refractivity contribution in [2.75, 3.05) is 6.16 Å². The molecule has 11 heteroatoms. The molecule has 10 nitrogen and oxygen atoms in total. The molecule has 0 spiro atoms. The summed E-state index contributed by atoms with van der Waals surface area (Å²) in [7, 11) is -4.29. The second-order valence-electron chi connectivity index (χ2n) is 12.5. The van der Waals surface area contributed by atoms with Crippen molar-refractivity contribution >= 4 is 36.2 Å². The van der Waals surface area contributed by atoms with Crippen molar-refractivity contribution in [1.82, 2.24) is 15.6 Å². The summed E-state index contributed by atoms with van der Waals surface area (Å²) in [5.74, 6) is -3.47. The standard InChI is InChI=1S/C39H43N4O6P/c40-37(44)35(24-32-25-41-34-22-11-10-21-33(32)34)42-38(45)31(20-12-19-28-13-4-1-5-14-28)27-50(47,48)36(23-29-15-6-2-7-16-29)43-39(46)49-26-30-17-8-3-9-18-30/h1-11,13-18,21-22,25,31,35-36,41H,12,19-20,23-24,26-27H2,(H2,40,44)(H,42,45)(H,43,46)(H,47,48)/t31-,35+,36-/m0/s1. The molecule has 0 saturated heterocycles. The van der Waals surface area contributed by atoms with Gasteiger partial charge in [0.15, 0.2) is 0 Å². The number of para-hydroxylation sites is 1. The Bertz CT molecular complexity index is 1900. The highest BCUT2D eigenvalue weighted by molar-refractivity contribution is 7.58. The average Bonchev–Trinajstić information content (AvgIpc) is 3.53. The maximum atomic E-state index is 14.3. The van der Waals surface area contributed by atoms with E-state index in [2.05, 4.69) is 15.6 Å². The fourth-order valence-electron chi connectivity index (χ4n) is 6.01. The molecule has 0 bridgehead atoms. The highest BCUT2D eigenvalue weighted by Crippen LogP contribution is 2.49. The quantitative estimate of drug-likeness (QED) is 0.0741. The molecule has 5 rings (SSSR count). The number of rotatable bonds is 17. The number of fused-ring (bicyclic) bond motifs is 1. The first-order valence-electron chi connectivity index (χ1n) is 16.7. The molecule has 5 aromatic rings. The second kappa shape index (κ2) is 17.5. The summed E-state index contributed by atoms with van der Waals surface area (Å²) in [5.41, 5.74) is 10.0. The zero-order valence-corrected chi connectivity index (χ0v) is 28.6. The Hall–Kier alpha value is -5.18. The number of nitrogens with one attached hydrogen (secondary N) is 3. The Kier molecular flexibility index (Phi) is 12.6. The van der Waals surface area contributed by atoms with Gasteiger partial charge in [0.1, 0.15) is 18.4 Å². The van der Waals surface area contributed by atoms with E-state index in [4.69, 9.17) is 10.5 Å². The lowest BCUT2D eigenvalue weighted by atomic mass is 9.98. The Labute approximate surface area is 291 Å². The number of carbonyl (C=O) groups is 3. The molecule has 260 valence electrons. The highest BCUT2D eigenvalue weighted by atomic mass is 31.2. The Morgan fingerprint density at radius 1 is 0.780 bits per heavy atom. The number of hydrogen-bond acceptors (Lipinski definition) is 5. The van der Waals surface area contributed by atoms with Gasteiger partial charge in [0.2, 0.25) is 19.2 Å². The van der Waals surface area contributed by atoms with Gasteiger partial charge in [0, 0.05) is 42.0 Å². The number of amides is 3. The molecular formula is C39H43N4O6P. The van der Waals surface area contributed by atoms with Crippen LogP contribution >= 0.6 is 7.37 Å². The minimum Gasteiger partial charge on any atom is -0.445 e. The molecule has 0 aliphatic carbocycles. The lowest BCUT2D eigenvalue weighted by Gasteiger charge is -2.28. The molecule has 6 N–H and O–H groups in total. The number of benzene rings is 4. The molecule has 0 fully saturated rings. The normalized spacial score (nSPS) is 14.2. The molecule has 50 heavy (non-hydrogen) atoms. The van der Waals surface area contributed by atoms with E-state index in [1.165, 1.54) is 0 Å². The van der Waals surface area contributed by atoms with Crippen molar-refractivity contribution in [3.63, 3.8) is 0 Å². The van der Waals surface area contributed by atoms with Crippen LogP contribution in [-0.4, -0.2) is 45.8 Å². The van der Waals surface area contributed by atoms with Gasteiger partial charge < -0.3 is 31.0 Å². The van der Waals surface area contributed by atoms with Crippen molar-refractivity contribution in [2.24, 2.45) is 11.7 Å². The van der Waals surface area contributed by atoms with Crippen molar-refractivity contribution < 1.29 is 28.6 Å². The maximum absolute atomic E-state index is 14.3. The second-order valence-corrected chi connectivity index (χ2v) is 15.0. The van der Waals surface area contributed by atoms with E-state index in [1.807, 2.05) is 91.0 Å². The van der Waals surface area contributed by atoms with Gasteiger partial charge in [0.25, 0.3) is 0 Å². The van der Waals surface area contributed by atoms with Crippen LogP contribution in [0.15, 0.2) is 121 Å². The van der Waals surface area contributed by atoms with Gasteiger partial charge in [-0.05, 0) is 47.6 Å². The maximum Gasteiger partial charge on any atom is 0.408 e. The summed E-state index contributed by atoms with van der Waals surface area (Å²) in [6.07, 6.45) is 2.14. The van der Waals surface area contributed by atoms with Gasteiger partial charge in [0.05, 0.1) is 0 Å². The summed E-state index contributed by atoms with van der Waals surface area (Å²) < 4.78 is 19.7. The van der Waals surface area contributed by atoms with E-state index in [9.17, 15) is 23.8 Å². The SMILES string of the molecule is NC(=O)[C@@H](Cc1c[nH]c2ccccc12)NC(=O)[C@@H](CCCc1ccccc1)CP(=O)(O)[C@@H](Cc1ccccc1)NC(=O)OCc1ccccc1. The van der Waals surface area contributed by atoms with Crippen LogP contribution in [0.1, 0.15) is 35.1 Å². The molecule has 3 amide bonds. The number of aryl methyl sites for hydroxylation is 1. The molecule has 4 atom stereocenters. The lowest BCUT2D eigenvalue weighted by Crippen LogP contribution is -2.48. The largest absolute Gasteiger partial charge is 0.445 e. The lowest BCUT2D eigenvalue weighted by molar-refractivity contribution is -0.129. The fourth-order valence-corrected chi connectivity index (χ4v) is 8.05. The van der Waals surface area contributed by atoms with E-state index < -0.39 is 49.2 Å². The van der Waals surface area contributed by atoms with E-state index in [1.54, 1.807) is 30.5 Å². The predicted octanol–water partition coefficient (Wildman–Crippen LogP) is 6.09. The van der Waals surface area contributed by atoms with Crippen molar-refractivity contribution in [2.45, 2.75) is 50.5 Å². The zero-order valence-electron chi connectivity index (χ0n) is 27.7. The van der Waals surface area contributed by atoms with Crippen molar-refractivity contribution in [3.8, 4) is 0 Å². The molecular weight excluding hydrogens is 651 g/mol. The number of primary amides is 1. The Morgan fingerprint density at radius 3 is 2.04 bits per heavy atom. The van der Waals surface area contributed by atoms with Crippen LogP contribution in [0.2, 0.25) is 0 Å². The third-order valence-electron chi connectivity index (χ3n) is 8.73. The number of ether oxygens (including phenoxy) is 1. The smallest absolute Gasteiger partial charge is 0.408 e. The summed E-state index contributed by atoms with van der Waals surface area (Å²) in [5, 5.41) is 6.32. The first-order chi connectivity index (χ1) is 24.2. The van der Waals surface area contributed by atoms with Gasteiger partial charge in [-0.3, -0.25) is 14.2 Å².